The van der Waals surface area contributed by atoms with E-state index in [1.807, 2.05) is 49.4 Å². The first kappa shape index (κ1) is 22.1. The van der Waals surface area contributed by atoms with Crippen LogP contribution in [0, 0.1) is 17.0 Å². The Hall–Kier alpha value is -4.10. The van der Waals surface area contributed by atoms with Gasteiger partial charge in [-0.2, -0.15) is 0 Å². The van der Waals surface area contributed by atoms with Gasteiger partial charge in [-0.1, -0.05) is 60.1 Å². The van der Waals surface area contributed by atoms with Crippen molar-refractivity contribution in [3.05, 3.63) is 105 Å². The third-order valence-electron chi connectivity index (χ3n) is 5.13. The number of halogens is 1. The fourth-order valence-electron chi connectivity index (χ4n) is 3.44. The molecule has 1 heterocycles. The quantitative estimate of drug-likeness (QED) is 0.156. The molecule has 7 nitrogen and oxygen atoms in total. The topological polar surface area (TPSA) is 99.4 Å². The van der Waals surface area contributed by atoms with Crippen molar-refractivity contribution in [2.75, 3.05) is 6.61 Å². The number of para-hydroxylation sites is 1. The summed E-state index contributed by atoms with van der Waals surface area (Å²) in [6.07, 6.45) is 0. The van der Waals surface area contributed by atoms with Gasteiger partial charge in [0.2, 0.25) is 5.78 Å². The first-order valence-corrected chi connectivity index (χ1v) is 10.3. The molecule has 0 unspecified atom stereocenters. The SMILES string of the molecule is Cc1cccc2c(C(=O)OCC(=O)c3ccc(Cl)c([N+](=O)[O-])c3)cc(-c3ccccc3)nc12. The van der Waals surface area contributed by atoms with Crippen LogP contribution in [0.15, 0.2) is 72.8 Å². The Morgan fingerprint density at radius 2 is 1.79 bits per heavy atom. The molecule has 4 rings (SSSR count). The van der Waals surface area contributed by atoms with Crippen LogP contribution in [0.2, 0.25) is 5.02 Å². The molecule has 0 fully saturated rings. The molecular formula is C25H17ClN2O5. The fraction of sp³-hybridized carbons (Fsp3) is 0.0800. The largest absolute Gasteiger partial charge is 0.454 e. The van der Waals surface area contributed by atoms with E-state index in [9.17, 15) is 19.7 Å². The number of aromatic nitrogens is 1. The molecule has 0 spiro atoms. The molecule has 164 valence electrons. The molecule has 0 aliphatic heterocycles. The molecule has 1 aromatic heterocycles. The maximum atomic E-state index is 13.0. The minimum atomic E-state index is -0.693. The Balaban J connectivity index is 1.64. The molecule has 0 bridgehead atoms. The molecular weight excluding hydrogens is 444 g/mol. The van der Waals surface area contributed by atoms with E-state index in [0.717, 1.165) is 17.2 Å². The molecule has 3 aromatic carbocycles. The second-order valence-electron chi connectivity index (χ2n) is 7.31. The lowest BCUT2D eigenvalue weighted by Gasteiger charge is -2.11. The van der Waals surface area contributed by atoms with Crippen LogP contribution in [-0.2, 0) is 4.74 Å². The highest BCUT2D eigenvalue weighted by molar-refractivity contribution is 6.32. The molecule has 0 aliphatic carbocycles. The fourth-order valence-corrected chi connectivity index (χ4v) is 3.62. The first-order chi connectivity index (χ1) is 15.8. The summed E-state index contributed by atoms with van der Waals surface area (Å²) >= 11 is 5.79. The van der Waals surface area contributed by atoms with Gasteiger partial charge in [0.05, 0.1) is 21.7 Å². The number of carbonyl (C=O) groups is 2. The predicted octanol–water partition coefficient (Wildman–Crippen LogP) is 5.81. The molecule has 33 heavy (non-hydrogen) atoms. The Bertz CT molecular complexity index is 1400. The first-order valence-electron chi connectivity index (χ1n) is 9.95. The highest BCUT2D eigenvalue weighted by Crippen LogP contribution is 2.28. The van der Waals surface area contributed by atoms with Crippen LogP contribution in [0.25, 0.3) is 22.2 Å². The maximum absolute atomic E-state index is 13.0. The van der Waals surface area contributed by atoms with Gasteiger partial charge in [-0.25, -0.2) is 9.78 Å². The van der Waals surface area contributed by atoms with E-state index >= 15 is 0 Å². The van der Waals surface area contributed by atoms with E-state index in [2.05, 4.69) is 0 Å². The summed E-state index contributed by atoms with van der Waals surface area (Å²) < 4.78 is 5.29. The van der Waals surface area contributed by atoms with E-state index in [-0.39, 0.29) is 16.1 Å². The molecule has 0 saturated carbocycles. The van der Waals surface area contributed by atoms with Crippen molar-refractivity contribution in [3.8, 4) is 11.3 Å². The van der Waals surface area contributed by atoms with Crippen LogP contribution in [-0.4, -0.2) is 28.3 Å². The summed E-state index contributed by atoms with van der Waals surface area (Å²) in [4.78, 5) is 40.6. The van der Waals surface area contributed by atoms with Gasteiger partial charge >= 0.3 is 5.97 Å². The van der Waals surface area contributed by atoms with Crippen LogP contribution in [0.3, 0.4) is 0 Å². The van der Waals surface area contributed by atoms with Gasteiger partial charge in [-0.05, 0) is 30.7 Å². The standard InChI is InChI=1S/C25H17ClN2O5/c1-15-6-5-9-18-19(13-21(27-24(15)18)16-7-3-2-4-8-16)25(30)33-14-23(29)17-10-11-20(26)22(12-17)28(31)32/h2-13H,14H2,1H3. The summed E-state index contributed by atoms with van der Waals surface area (Å²) in [6, 6.07) is 20.2. The second-order valence-corrected chi connectivity index (χ2v) is 7.72. The minimum Gasteiger partial charge on any atom is -0.454 e. The van der Waals surface area contributed by atoms with Crippen molar-refractivity contribution < 1.29 is 19.2 Å². The molecule has 0 saturated heterocycles. The number of carbonyl (C=O) groups excluding carboxylic acids is 2. The van der Waals surface area contributed by atoms with Crippen molar-refractivity contribution >= 4 is 39.9 Å². The number of benzene rings is 3. The monoisotopic (exact) mass is 460 g/mol. The summed E-state index contributed by atoms with van der Waals surface area (Å²) in [5.41, 5.74) is 2.90. The number of fused-ring (bicyclic) bond motifs is 1. The molecule has 0 N–H and O–H groups in total. The third kappa shape index (κ3) is 4.58. The minimum absolute atomic E-state index is 0.0271. The van der Waals surface area contributed by atoms with Crippen molar-refractivity contribution in [2.24, 2.45) is 0 Å². The number of nitro benzene ring substituents is 1. The number of ketones is 1. The van der Waals surface area contributed by atoms with Crippen LogP contribution in [0.5, 0.6) is 0 Å². The predicted molar refractivity (Wildman–Crippen MR) is 125 cm³/mol. The lowest BCUT2D eigenvalue weighted by Crippen LogP contribution is -2.15. The summed E-state index contributed by atoms with van der Waals surface area (Å²) in [5, 5.41) is 11.6. The summed E-state index contributed by atoms with van der Waals surface area (Å²) in [5.74, 6) is -1.28. The van der Waals surface area contributed by atoms with Gasteiger partial charge in [-0.3, -0.25) is 14.9 Å². The van der Waals surface area contributed by atoms with Gasteiger partial charge in [-0.15, -0.1) is 0 Å². The third-order valence-corrected chi connectivity index (χ3v) is 5.45. The van der Waals surface area contributed by atoms with Crippen LogP contribution >= 0.6 is 11.6 Å². The van der Waals surface area contributed by atoms with Crippen molar-refractivity contribution in [3.63, 3.8) is 0 Å². The van der Waals surface area contributed by atoms with E-state index in [1.165, 1.54) is 12.1 Å². The van der Waals surface area contributed by atoms with E-state index in [1.54, 1.807) is 12.1 Å². The van der Waals surface area contributed by atoms with Crippen LogP contribution in [0.1, 0.15) is 26.3 Å². The zero-order valence-corrected chi connectivity index (χ0v) is 18.2. The molecule has 8 heteroatoms. The number of nitro groups is 1. The Morgan fingerprint density at radius 1 is 1.03 bits per heavy atom. The Morgan fingerprint density at radius 3 is 2.52 bits per heavy atom. The molecule has 0 amide bonds. The van der Waals surface area contributed by atoms with E-state index in [4.69, 9.17) is 21.3 Å². The zero-order chi connectivity index (χ0) is 23.5. The molecule has 4 aromatic rings. The lowest BCUT2D eigenvalue weighted by atomic mass is 10.0. The molecule has 0 atom stereocenters. The number of nitrogens with zero attached hydrogens (tertiary/aromatic N) is 2. The number of pyridine rings is 1. The number of ether oxygens (including phenoxy) is 1. The summed E-state index contributed by atoms with van der Waals surface area (Å²) in [6.45, 7) is 1.32. The van der Waals surface area contributed by atoms with Gasteiger partial charge in [0, 0.05) is 22.6 Å². The van der Waals surface area contributed by atoms with Crippen molar-refractivity contribution in [1.29, 1.82) is 0 Å². The van der Waals surface area contributed by atoms with E-state index < -0.39 is 29.0 Å². The number of rotatable bonds is 6. The van der Waals surface area contributed by atoms with E-state index in [0.29, 0.717) is 16.6 Å². The number of Topliss-reactive ketones (excluding diaryl/α,β-unsaturated/α-hetero) is 1. The maximum Gasteiger partial charge on any atom is 0.339 e. The van der Waals surface area contributed by atoms with Crippen LogP contribution < -0.4 is 0 Å². The molecule has 0 radical (unpaired) electrons. The highest BCUT2D eigenvalue weighted by Gasteiger charge is 2.20. The summed E-state index contributed by atoms with van der Waals surface area (Å²) in [7, 11) is 0. The Labute approximate surface area is 193 Å². The van der Waals surface area contributed by atoms with Gasteiger partial charge in [0.25, 0.3) is 5.69 Å². The number of hydrogen-bond acceptors (Lipinski definition) is 6. The average Bonchev–Trinajstić information content (AvgIpc) is 2.82. The zero-order valence-electron chi connectivity index (χ0n) is 17.4. The second kappa shape index (κ2) is 9.18. The Kier molecular flexibility index (Phi) is 6.15. The number of aryl methyl sites for hydroxylation is 1. The van der Waals surface area contributed by atoms with Gasteiger partial charge < -0.3 is 4.74 Å². The smallest absolute Gasteiger partial charge is 0.339 e. The van der Waals surface area contributed by atoms with Gasteiger partial charge in [0.15, 0.2) is 6.61 Å². The van der Waals surface area contributed by atoms with Gasteiger partial charge in [0.1, 0.15) is 5.02 Å². The highest BCUT2D eigenvalue weighted by atomic mass is 35.5. The van der Waals surface area contributed by atoms with Crippen molar-refractivity contribution in [1.82, 2.24) is 4.98 Å². The van der Waals surface area contributed by atoms with Crippen LogP contribution in [0.4, 0.5) is 5.69 Å². The lowest BCUT2D eigenvalue weighted by molar-refractivity contribution is -0.384. The normalized spacial score (nSPS) is 10.7. The average molecular weight is 461 g/mol. The van der Waals surface area contributed by atoms with Crippen molar-refractivity contribution in [2.45, 2.75) is 6.92 Å². The molecule has 0 aliphatic rings. The number of esters is 1. The number of hydrogen-bond donors (Lipinski definition) is 0.